The van der Waals surface area contributed by atoms with E-state index in [-0.39, 0.29) is 28.4 Å². The maximum atomic E-state index is 13.9. The van der Waals surface area contributed by atoms with E-state index in [9.17, 15) is 22.7 Å². The monoisotopic (exact) mass is 378 g/mol. The van der Waals surface area contributed by atoms with Gasteiger partial charge in [-0.2, -0.15) is 0 Å². The van der Waals surface area contributed by atoms with Gasteiger partial charge in [0.25, 0.3) is 0 Å². The number of phenols is 1. The molecule has 2 aromatic rings. The van der Waals surface area contributed by atoms with Crippen molar-refractivity contribution in [3.05, 3.63) is 52.8 Å². The van der Waals surface area contributed by atoms with Crippen molar-refractivity contribution >= 4 is 21.7 Å². The van der Waals surface area contributed by atoms with Gasteiger partial charge in [0.2, 0.25) is 5.75 Å². The second-order valence-electron chi connectivity index (χ2n) is 5.65. The zero-order chi connectivity index (χ0) is 19.1. The Morgan fingerprint density at radius 1 is 1.15 bits per heavy atom. The van der Waals surface area contributed by atoms with Gasteiger partial charge in [-0.15, -0.1) is 0 Å². The fourth-order valence-electron chi connectivity index (χ4n) is 2.82. The first-order valence-electron chi connectivity index (χ1n) is 7.50. The molecule has 0 aliphatic carbocycles. The van der Waals surface area contributed by atoms with Gasteiger partial charge in [-0.25, -0.2) is 12.8 Å². The molecule has 0 spiro atoms. The normalized spacial score (nSPS) is 17.0. The zero-order valence-electron chi connectivity index (χ0n) is 13.9. The molecule has 0 radical (unpaired) electrons. The minimum atomic E-state index is -3.99. The predicted octanol–water partition coefficient (Wildman–Crippen LogP) is 2.60. The van der Waals surface area contributed by atoms with Crippen LogP contribution in [-0.4, -0.2) is 39.3 Å². The van der Waals surface area contributed by atoms with Crippen molar-refractivity contribution in [3.63, 3.8) is 0 Å². The fraction of sp³-hybridized carbons (Fsp3) is 0.167. The van der Waals surface area contributed by atoms with Crippen LogP contribution in [0.1, 0.15) is 15.9 Å². The van der Waals surface area contributed by atoms with Gasteiger partial charge in [0.05, 0.1) is 20.0 Å². The lowest BCUT2D eigenvalue weighted by molar-refractivity contribution is 0.103. The second kappa shape index (κ2) is 6.45. The number of carbonyl (C=O) groups is 1. The molecule has 6 nitrogen and oxygen atoms in total. The van der Waals surface area contributed by atoms with E-state index >= 15 is 0 Å². The third-order valence-corrected chi connectivity index (χ3v) is 5.73. The van der Waals surface area contributed by atoms with Crippen molar-refractivity contribution in [2.45, 2.75) is 4.90 Å². The number of halogens is 1. The highest BCUT2D eigenvalue weighted by atomic mass is 32.2. The third-order valence-electron chi connectivity index (χ3n) is 4.00. The zero-order valence-corrected chi connectivity index (χ0v) is 14.8. The van der Waals surface area contributed by atoms with Crippen LogP contribution >= 0.6 is 0 Å². The van der Waals surface area contributed by atoms with E-state index < -0.39 is 32.1 Å². The van der Waals surface area contributed by atoms with E-state index in [1.54, 1.807) is 0 Å². The summed E-state index contributed by atoms with van der Waals surface area (Å²) in [7, 11) is -1.29. The molecular formula is C18H15FO6S. The average Bonchev–Trinajstić information content (AvgIpc) is 2.60. The van der Waals surface area contributed by atoms with Crippen LogP contribution in [0, 0.1) is 5.82 Å². The first-order valence-corrected chi connectivity index (χ1v) is 9.15. The van der Waals surface area contributed by atoms with E-state index in [0.29, 0.717) is 5.56 Å². The van der Waals surface area contributed by atoms with Gasteiger partial charge in [0, 0.05) is 11.1 Å². The molecule has 0 atom stereocenters. The number of fused-ring (bicyclic) bond motifs is 1. The number of aromatic hydroxyl groups is 1. The molecule has 0 bridgehead atoms. The Bertz CT molecular complexity index is 1010. The summed E-state index contributed by atoms with van der Waals surface area (Å²) in [5, 5.41) is 9.94. The Labute approximate surface area is 149 Å². The first kappa shape index (κ1) is 17.9. The molecule has 1 aliphatic heterocycles. The topological polar surface area (TPSA) is 89.9 Å². The lowest BCUT2D eigenvalue weighted by atomic mass is 10.0. The van der Waals surface area contributed by atoms with Gasteiger partial charge in [-0.05, 0) is 35.9 Å². The lowest BCUT2D eigenvalue weighted by Crippen LogP contribution is -2.25. The van der Waals surface area contributed by atoms with Crippen molar-refractivity contribution in [1.82, 2.24) is 0 Å². The van der Waals surface area contributed by atoms with Gasteiger partial charge < -0.3 is 14.6 Å². The first-order chi connectivity index (χ1) is 12.3. The van der Waals surface area contributed by atoms with Crippen molar-refractivity contribution in [2.24, 2.45) is 0 Å². The molecule has 0 amide bonds. The van der Waals surface area contributed by atoms with Crippen LogP contribution in [0.2, 0.25) is 0 Å². The summed E-state index contributed by atoms with van der Waals surface area (Å²) < 4.78 is 48.9. The van der Waals surface area contributed by atoms with Crippen molar-refractivity contribution in [1.29, 1.82) is 0 Å². The van der Waals surface area contributed by atoms with Crippen LogP contribution in [-0.2, 0) is 9.84 Å². The molecule has 0 fully saturated rings. The number of carbonyl (C=O) groups excluding carboxylic acids is 1. The largest absolute Gasteiger partial charge is 0.502 e. The number of ketones is 1. The summed E-state index contributed by atoms with van der Waals surface area (Å²) in [6, 6.07) is 6.45. The van der Waals surface area contributed by atoms with Crippen LogP contribution in [0.15, 0.2) is 40.8 Å². The predicted molar refractivity (Wildman–Crippen MR) is 92.0 cm³/mol. The van der Waals surface area contributed by atoms with Crippen LogP contribution in [0.5, 0.6) is 17.2 Å². The third kappa shape index (κ3) is 2.92. The lowest BCUT2D eigenvalue weighted by Gasteiger charge is -2.18. The van der Waals surface area contributed by atoms with E-state index in [4.69, 9.17) is 9.47 Å². The molecular weight excluding hydrogens is 363 g/mol. The Morgan fingerprint density at radius 2 is 1.77 bits per heavy atom. The number of ether oxygens (including phenoxy) is 2. The number of benzene rings is 2. The van der Waals surface area contributed by atoms with Gasteiger partial charge in [-0.1, -0.05) is 6.07 Å². The van der Waals surface area contributed by atoms with Crippen molar-refractivity contribution in [3.8, 4) is 17.2 Å². The Morgan fingerprint density at radius 3 is 2.35 bits per heavy atom. The SMILES string of the molecule is COc1cc(/C=C2/CS(=O)(=O)c3c(F)cccc3C2=O)cc(OC)c1O. The number of sulfone groups is 1. The van der Waals surface area contributed by atoms with Gasteiger partial charge in [-0.3, -0.25) is 4.79 Å². The number of hydrogen-bond acceptors (Lipinski definition) is 6. The van der Waals surface area contributed by atoms with Gasteiger partial charge in [0.1, 0.15) is 10.7 Å². The molecule has 8 heteroatoms. The minimum absolute atomic E-state index is 0.0158. The minimum Gasteiger partial charge on any atom is -0.502 e. The molecule has 0 unspecified atom stereocenters. The number of hydrogen-bond donors (Lipinski definition) is 1. The van der Waals surface area contributed by atoms with Crippen molar-refractivity contribution < 1.29 is 32.2 Å². The van der Waals surface area contributed by atoms with E-state index in [2.05, 4.69) is 0 Å². The van der Waals surface area contributed by atoms with E-state index in [1.165, 1.54) is 44.6 Å². The van der Waals surface area contributed by atoms with E-state index in [1.807, 2.05) is 0 Å². The highest BCUT2D eigenvalue weighted by Crippen LogP contribution is 2.38. The molecule has 1 aliphatic rings. The molecule has 3 rings (SSSR count). The Kier molecular flexibility index (Phi) is 4.45. The number of phenolic OH excluding ortho intramolecular Hbond substituents is 1. The maximum absolute atomic E-state index is 13.9. The summed E-state index contributed by atoms with van der Waals surface area (Å²) in [6.07, 6.45) is 1.36. The second-order valence-corrected chi connectivity index (χ2v) is 7.57. The molecule has 0 aromatic heterocycles. The van der Waals surface area contributed by atoms with E-state index in [0.717, 1.165) is 6.07 Å². The van der Waals surface area contributed by atoms with Gasteiger partial charge >= 0.3 is 0 Å². The molecule has 1 N–H and O–H groups in total. The van der Waals surface area contributed by atoms with Crippen molar-refractivity contribution in [2.75, 3.05) is 20.0 Å². The Hall–Kier alpha value is -2.87. The molecule has 2 aromatic carbocycles. The Balaban J connectivity index is 2.16. The smallest absolute Gasteiger partial charge is 0.200 e. The van der Waals surface area contributed by atoms with Crippen LogP contribution in [0.25, 0.3) is 6.08 Å². The highest BCUT2D eigenvalue weighted by Gasteiger charge is 2.35. The quantitative estimate of drug-likeness (QED) is 0.826. The molecule has 0 saturated heterocycles. The average molecular weight is 378 g/mol. The molecule has 136 valence electrons. The van der Waals surface area contributed by atoms with Crippen LogP contribution in [0.3, 0.4) is 0 Å². The summed E-state index contributed by atoms with van der Waals surface area (Å²) in [5.41, 5.74) is 0.188. The van der Waals surface area contributed by atoms with Crippen LogP contribution in [0.4, 0.5) is 4.39 Å². The molecule has 0 saturated carbocycles. The molecule has 26 heavy (non-hydrogen) atoms. The fourth-order valence-corrected chi connectivity index (χ4v) is 4.45. The summed E-state index contributed by atoms with van der Waals surface area (Å²) in [6.45, 7) is 0. The summed E-state index contributed by atoms with van der Waals surface area (Å²) in [4.78, 5) is 12.1. The number of Topliss-reactive ketones (excluding diaryl/α,β-unsaturated/α-hetero) is 1. The summed E-state index contributed by atoms with van der Waals surface area (Å²) >= 11 is 0. The number of rotatable bonds is 3. The highest BCUT2D eigenvalue weighted by molar-refractivity contribution is 7.92. The molecule has 1 heterocycles. The van der Waals surface area contributed by atoms with Crippen LogP contribution < -0.4 is 9.47 Å². The number of methoxy groups -OCH3 is 2. The maximum Gasteiger partial charge on any atom is 0.200 e. The van der Waals surface area contributed by atoms with Gasteiger partial charge in [0.15, 0.2) is 27.1 Å². The summed E-state index contributed by atoms with van der Waals surface area (Å²) in [5.74, 6) is -2.14. The standard InChI is InChI=1S/C18H15FO6S/c1-24-14-7-10(8-15(25-2)17(14)21)6-11-9-26(22,23)18-12(16(11)20)4-3-5-13(18)19/h3-8,21H,9H2,1-2H3/b11-6-.